The molecule has 3 saturated heterocycles. The molecule has 368 valence electrons. The van der Waals surface area contributed by atoms with Crippen LogP contribution in [0.15, 0.2) is 60.8 Å². The number of carbonyl (C=O) groups is 1. The van der Waals surface area contributed by atoms with Crippen LogP contribution in [0.2, 0.25) is 0 Å². The van der Waals surface area contributed by atoms with Crippen LogP contribution < -0.4 is 5.32 Å². The topological polar surface area (TPSA) is 307 Å². The first kappa shape index (κ1) is 55.8. The molecular weight excluding hydrogens is 842 g/mol. The van der Waals surface area contributed by atoms with Gasteiger partial charge in [0.1, 0.15) is 73.2 Å². The van der Waals surface area contributed by atoms with E-state index >= 15 is 0 Å². The molecule has 0 bridgehead atoms. The van der Waals surface area contributed by atoms with E-state index < -0.39 is 124 Å². The van der Waals surface area contributed by atoms with Crippen molar-refractivity contribution in [2.24, 2.45) is 0 Å². The van der Waals surface area contributed by atoms with Crippen molar-refractivity contribution in [2.45, 2.75) is 189 Å². The summed E-state index contributed by atoms with van der Waals surface area (Å²) in [7, 11) is 0. The Morgan fingerprint density at radius 2 is 1.08 bits per heavy atom. The Morgan fingerprint density at radius 1 is 0.578 bits per heavy atom. The lowest BCUT2D eigenvalue weighted by Gasteiger charge is -2.48. The maximum Gasteiger partial charge on any atom is 0.220 e. The second kappa shape index (κ2) is 30.7. The molecule has 3 aliphatic rings. The number of aliphatic hydroxyl groups is 11. The van der Waals surface area contributed by atoms with Crippen LogP contribution in [0.25, 0.3) is 0 Å². The first-order valence-electron chi connectivity index (χ1n) is 22.5. The molecule has 19 heteroatoms. The van der Waals surface area contributed by atoms with Crippen LogP contribution in [-0.4, -0.2) is 193 Å². The van der Waals surface area contributed by atoms with Gasteiger partial charge in [0.05, 0.1) is 38.6 Å². The highest BCUT2D eigenvalue weighted by Crippen LogP contribution is 2.32. The SMILES string of the molecule is CC/C=C\C/C=C\C/C=C\C/C=C\CCC(=O)NC(COC1OC(CO)C(OC2OC(CO)C(OC3OC(CO)C(O)C(O)C3O)C(O)C2O)C(O)C1O)C(O)/C=C/CCCCCC. The third-order valence-electron chi connectivity index (χ3n) is 11.1. The number of ether oxygens (including phenoxy) is 6. The molecule has 17 unspecified atom stereocenters. The lowest BCUT2D eigenvalue weighted by atomic mass is 9.96. The van der Waals surface area contributed by atoms with Gasteiger partial charge in [0.15, 0.2) is 18.9 Å². The first-order valence-corrected chi connectivity index (χ1v) is 22.5. The summed E-state index contributed by atoms with van der Waals surface area (Å²) in [5.74, 6) is -0.367. The molecule has 0 radical (unpaired) electrons. The standard InChI is InChI=1S/C45H75NO18/c1-3-5-7-9-11-12-13-14-15-16-17-19-21-23-33(51)46-28(29(50)22-20-18-10-8-6-4-2)27-59-43-39(57)36(54)41(31(25-48)61-43)64-45-40(58)37(55)42(32(26-49)62-45)63-44-38(56)35(53)34(52)30(24-47)60-44/h5,7,11-12,14-15,17,19-20,22,28-32,34-45,47-50,52-58H,3-4,6,8-10,13,16,18,21,23-27H2,1-2H3,(H,46,51)/b7-5-,12-11-,15-14-,19-17-,22-20+. The van der Waals surface area contributed by atoms with Crippen molar-refractivity contribution >= 4 is 5.91 Å². The van der Waals surface area contributed by atoms with E-state index in [1.807, 2.05) is 24.3 Å². The summed E-state index contributed by atoms with van der Waals surface area (Å²) in [6, 6.07) is -1.01. The van der Waals surface area contributed by atoms with E-state index in [2.05, 4.69) is 49.5 Å². The summed E-state index contributed by atoms with van der Waals surface area (Å²) in [6.45, 7) is 1.37. The molecule has 0 aliphatic carbocycles. The summed E-state index contributed by atoms with van der Waals surface area (Å²) in [5.41, 5.74) is 0. The van der Waals surface area contributed by atoms with Crippen molar-refractivity contribution in [1.29, 1.82) is 0 Å². The van der Waals surface area contributed by atoms with Crippen LogP contribution in [0, 0.1) is 0 Å². The van der Waals surface area contributed by atoms with Gasteiger partial charge in [-0.05, 0) is 44.9 Å². The number of carbonyl (C=O) groups excluding carboxylic acids is 1. The van der Waals surface area contributed by atoms with Gasteiger partial charge >= 0.3 is 0 Å². The van der Waals surface area contributed by atoms with Gasteiger partial charge in [0.2, 0.25) is 5.91 Å². The second-order valence-corrected chi connectivity index (χ2v) is 16.1. The fourth-order valence-corrected chi connectivity index (χ4v) is 7.25. The lowest BCUT2D eigenvalue weighted by Crippen LogP contribution is -2.66. The molecule has 12 N–H and O–H groups in total. The number of hydrogen-bond acceptors (Lipinski definition) is 18. The Kier molecular flexibility index (Phi) is 26.8. The average molecular weight is 918 g/mol. The van der Waals surface area contributed by atoms with Gasteiger partial charge in [-0.2, -0.15) is 0 Å². The van der Waals surface area contributed by atoms with Gasteiger partial charge < -0.3 is 89.9 Å². The van der Waals surface area contributed by atoms with E-state index in [9.17, 15) is 61.0 Å². The van der Waals surface area contributed by atoms with Crippen LogP contribution in [0.4, 0.5) is 0 Å². The summed E-state index contributed by atoms with van der Waals surface area (Å²) < 4.78 is 33.8. The van der Waals surface area contributed by atoms with E-state index in [0.717, 1.165) is 44.9 Å². The van der Waals surface area contributed by atoms with Crippen molar-refractivity contribution in [1.82, 2.24) is 5.32 Å². The van der Waals surface area contributed by atoms with Crippen molar-refractivity contribution in [3.63, 3.8) is 0 Å². The minimum absolute atomic E-state index is 0.118. The predicted molar refractivity (Wildman–Crippen MR) is 231 cm³/mol. The summed E-state index contributed by atoms with van der Waals surface area (Å²) in [6.07, 6.45) is 1.72. The van der Waals surface area contributed by atoms with Crippen LogP contribution in [-0.2, 0) is 33.2 Å². The molecular formula is C45H75NO18. The molecule has 3 rings (SSSR count). The highest BCUT2D eigenvalue weighted by molar-refractivity contribution is 5.76. The molecule has 3 heterocycles. The Balaban J connectivity index is 1.60. The van der Waals surface area contributed by atoms with Crippen molar-refractivity contribution in [2.75, 3.05) is 26.4 Å². The largest absolute Gasteiger partial charge is 0.394 e. The molecule has 0 spiro atoms. The third-order valence-corrected chi connectivity index (χ3v) is 11.1. The first-order chi connectivity index (χ1) is 30.8. The zero-order valence-corrected chi connectivity index (χ0v) is 37.0. The highest BCUT2D eigenvalue weighted by Gasteiger charge is 2.53. The zero-order chi connectivity index (χ0) is 47.0. The monoisotopic (exact) mass is 917 g/mol. The van der Waals surface area contributed by atoms with Crippen LogP contribution >= 0.6 is 0 Å². The Bertz CT molecular complexity index is 1430. The third kappa shape index (κ3) is 17.6. The highest BCUT2D eigenvalue weighted by atomic mass is 16.8. The molecule has 0 aromatic carbocycles. The van der Waals surface area contributed by atoms with Gasteiger partial charge in [-0.25, -0.2) is 0 Å². The van der Waals surface area contributed by atoms with E-state index in [-0.39, 0.29) is 18.9 Å². The predicted octanol–water partition coefficient (Wildman–Crippen LogP) is -0.591. The quantitative estimate of drug-likeness (QED) is 0.0345. The number of hydrogen-bond donors (Lipinski definition) is 12. The van der Waals surface area contributed by atoms with E-state index in [4.69, 9.17) is 28.4 Å². The minimum atomic E-state index is -1.98. The van der Waals surface area contributed by atoms with Crippen molar-refractivity contribution < 1.29 is 89.4 Å². The molecule has 0 saturated carbocycles. The summed E-state index contributed by atoms with van der Waals surface area (Å²) >= 11 is 0. The van der Waals surface area contributed by atoms with E-state index in [1.54, 1.807) is 6.08 Å². The van der Waals surface area contributed by atoms with E-state index in [0.29, 0.717) is 19.3 Å². The Hall–Kier alpha value is -2.51. The Labute approximate surface area is 375 Å². The van der Waals surface area contributed by atoms with Crippen LogP contribution in [0.1, 0.15) is 84.5 Å². The number of amides is 1. The van der Waals surface area contributed by atoms with Crippen molar-refractivity contribution in [3.8, 4) is 0 Å². The maximum absolute atomic E-state index is 13.0. The maximum atomic E-state index is 13.0. The van der Waals surface area contributed by atoms with E-state index in [1.165, 1.54) is 0 Å². The minimum Gasteiger partial charge on any atom is -0.394 e. The molecule has 64 heavy (non-hydrogen) atoms. The smallest absolute Gasteiger partial charge is 0.220 e. The molecule has 3 fully saturated rings. The van der Waals surface area contributed by atoms with Gasteiger partial charge in [-0.3, -0.25) is 4.79 Å². The fourth-order valence-electron chi connectivity index (χ4n) is 7.25. The summed E-state index contributed by atoms with van der Waals surface area (Å²) in [4.78, 5) is 13.0. The Morgan fingerprint density at radius 3 is 1.62 bits per heavy atom. The zero-order valence-electron chi connectivity index (χ0n) is 37.0. The molecule has 17 atom stereocenters. The fraction of sp³-hybridized carbons (Fsp3) is 0.756. The molecule has 1 amide bonds. The average Bonchev–Trinajstić information content (AvgIpc) is 3.29. The summed E-state index contributed by atoms with van der Waals surface area (Å²) in [5, 5.41) is 119. The second-order valence-electron chi connectivity index (χ2n) is 16.1. The molecule has 0 aromatic rings. The number of rotatable bonds is 28. The van der Waals surface area contributed by atoms with Gasteiger partial charge in [0.25, 0.3) is 0 Å². The normalized spacial score (nSPS) is 35.0. The number of nitrogens with one attached hydrogen (secondary N) is 1. The molecule has 0 aromatic heterocycles. The van der Waals surface area contributed by atoms with Gasteiger partial charge in [-0.1, -0.05) is 93.9 Å². The number of aliphatic hydroxyl groups excluding tert-OH is 11. The molecule has 3 aliphatic heterocycles. The van der Waals surface area contributed by atoms with Crippen molar-refractivity contribution in [3.05, 3.63) is 60.8 Å². The van der Waals surface area contributed by atoms with Crippen LogP contribution in [0.3, 0.4) is 0 Å². The number of unbranched alkanes of at least 4 members (excludes halogenated alkanes) is 4. The van der Waals surface area contributed by atoms with Gasteiger partial charge in [0, 0.05) is 6.42 Å². The number of allylic oxidation sites excluding steroid dienone is 9. The lowest BCUT2D eigenvalue weighted by molar-refractivity contribution is -0.379. The molecule has 19 nitrogen and oxygen atoms in total. The van der Waals surface area contributed by atoms with Crippen LogP contribution in [0.5, 0.6) is 0 Å². The van der Waals surface area contributed by atoms with Gasteiger partial charge in [-0.15, -0.1) is 0 Å².